The lowest BCUT2D eigenvalue weighted by molar-refractivity contribution is 0.101. The summed E-state index contributed by atoms with van der Waals surface area (Å²) in [6.45, 7) is 1.45. The number of Topliss-reactive ketones (excluding diaryl/α,β-unsaturated/α-hetero) is 1. The maximum absolute atomic E-state index is 11.1. The van der Waals surface area contributed by atoms with E-state index in [1.165, 1.54) is 6.92 Å². The standard InChI is InChI=1S/C10H8O2S/c1-6(11)7-2-3-9-8(10(7)12)4-5-13-9/h2-5,12H,1H3. The zero-order valence-corrected chi connectivity index (χ0v) is 7.89. The highest BCUT2D eigenvalue weighted by molar-refractivity contribution is 7.17. The molecule has 0 radical (unpaired) electrons. The second-order valence-electron chi connectivity index (χ2n) is 2.85. The van der Waals surface area contributed by atoms with Crippen molar-refractivity contribution in [1.82, 2.24) is 0 Å². The van der Waals surface area contributed by atoms with Crippen molar-refractivity contribution in [3.8, 4) is 5.75 Å². The highest BCUT2D eigenvalue weighted by Crippen LogP contribution is 2.32. The first kappa shape index (κ1) is 8.26. The highest BCUT2D eigenvalue weighted by Gasteiger charge is 2.09. The summed E-state index contributed by atoms with van der Waals surface area (Å²) in [5.41, 5.74) is 0.394. The molecule has 0 saturated heterocycles. The number of hydrogen-bond acceptors (Lipinski definition) is 3. The molecule has 1 aromatic heterocycles. The molecule has 2 aromatic rings. The maximum atomic E-state index is 11.1. The lowest BCUT2D eigenvalue weighted by Gasteiger charge is -2.00. The Morgan fingerprint density at radius 2 is 2.15 bits per heavy atom. The van der Waals surface area contributed by atoms with Crippen LogP contribution in [0.4, 0.5) is 0 Å². The molecule has 0 fully saturated rings. The topological polar surface area (TPSA) is 37.3 Å². The van der Waals surface area contributed by atoms with Gasteiger partial charge in [-0.25, -0.2) is 0 Å². The van der Waals surface area contributed by atoms with E-state index in [0.717, 1.165) is 10.1 Å². The minimum Gasteiger partial charge on any atom is -0.507 e. The Balaban J connectivity index is 2.80. The van der Waals surface area contributed by atoms with E-state index in [4.69, 9.17) is 0 Å². The molecule has 66 valence electrons. The van der Waals surface area contributed by atoms with Crippen molar-refractivity contribution in [2.24, 2.45) is 0 Å². The number of rotatable bonds is 1. The number of carbonyl (C=O) groups excluding carboxylic acids is 1. The van der Waals surface area contributed by atoms with E-state index >= 15 is 0 Å². The summed E-state index contributed by atoms with van der Waals surface area (Å²) in [4.78, 5) is 11.1. The van der Waals surface area contributed by atoms with Crippen LogP contribution in [-0.4, -0.2) is 10.9 Å². The van der Waals surface area contributed by atoms with Gasteiger partial charge in [0, 0.05) is 10.1 Å². The first-order valence-corrected chi connectivity index (χ1v) is 4.78. The van der Waals surface area contributed by atoms with E-state index in [2.05, 4.69) is 0 Å². The van der Waals surface area contributed by atoms with E-state index in [1.807, 2.05) is 17.5 Å². The number of phenols is 1. The predicted molar refractivity (Wildman–Crippen MR) is 53.5 cm³/mol. The van der Waals surface area contributed by atoms with Crippen molar-refractivity contribution in [2.45, 2.75) is 6.92 Å². The first-order chi connectivity index (χ1) is 6.20. The van der Waals surface area contributed by atoms with Gasteiger partial charge in [-0.05, 0) is 30.5 Å². The van der Waals surface area contributed by atoms with Gasteiger partial charge in [0.2, 0.25) is 0 Å². The first-order valence-electron chi connectivity index (χ1n) is 3.90. The fourth-order valence-corrected chi connectivity index (χ4v) is 2.10. The van der Waals surface area contributed by atoms with Gasteiger partial charge in [0.1, 0.15) is 5.75 Å². The van der Waals surface area contributed by atoms with E-state index in [1.54, 1.807) is 17.4 Å². The minimum atomic E-state index is -0.106. The van der Waals surface area contributed by atoms with Gasteiger partial charge in [-0.2, -0.15) is 0 Å². The zero-order valence-electron chi connectivity index (χ0n) is 7.07. The van der Waals surface area contributed by atoms with Crippen molar-refractivity contribution in [2.75, 3.05) is 0 Å². The third kappa shape index (κ3) is 1.21. The number of hydrogen-bond donors (Lipinski definition) is 1. The van der Waals surface area contributed by atoms with Crippen molar-refractivity contribution in [3.05, 3.63) is 29.1 Å². The molecule has 1 N–H and O–H groups in total. The maximum Gasteiger partial charge on any atom is 0.163 e. The van der Waals surface area contributed by atoms with Crippen LogP contribution < -0.4 is 0 Å². The molecule has 2 rings (SSSR count). The van der Waals surface area contributed by atoms with Crippen molar-refractivity contribution >= 4 is 27.2 Å². The highest BCUT2D eigenvalue weighted by atomic mass is 32.1. The van der Waals surface area contributed by atoms with Gasteiger partial charge in [0.15, 0.2) is 5.78 Å². The summed E-state index contributed by atoms with van der Waals surface area (Å²) in [6, 6.07) is 5.34. The fraction of sp³-hybridized carbons (Fsp3) is 0.100. The third-order valence-corrected chi connectivity index (χ3v) is 2.87. The Bertz CT molecular complexity index is 471. The van der Waals surface area contributed by atoms with Gasteiger partial charge < -0.3 is 5.11 Å². The monoisotopic (exact) mass is 192 g/mol. The van der Waals surface area contributed by atoms with Crippen LogP contribution in [0.1, 0.15) is 17.3 Å². The van der Waals surface area contributed by atoms with Crippen LogP contribution in [0.3, 0.4) is 0 Å². The summed E-state index contributed by atoms with van der Waals surface area (Å²) in [7, 11) is 0. The van der Waals surface area contributed by atoms with Crippen LogP contribution in [0, 0.1) is 0 Å². The van der Waals surface area contributed by atoms with Crippen molar-refractivity contribution in [1.29, 1.82) is 0 Å². The van der Waals surface area contributed by atoms with Gasteiger partial charge in [0.05, 0.1) is 5.56 Å². The van der Waals surface area contributed by atoms with E-state index in [9.17, 15) is 9.90 Å². The molecule has 0 bridgehead atoms. The normalized spacial score (nSPS) is 10.5. The van der Waals surface area contributed by atoms with Gasteiger partial charge in [-0.15, -0.1) is 11.3 Å². The molecular weight excluding hydrogens is 184 g/mol. The van der Waals surface area contributed by atoms with Crippen LogP contribution in [0.5, 0.6) is 5.75 Å². The lowest BCUT2D eigenvalue weighted by atomic mass is 10.1. The molecule has 0 aliphatic carbocycles. The molecule has 1 aromatic carbocycles. The van der Waals surface area contributed by atoms with E-state index in [-0.39, 0.29) is 11.5 Å². The van der Waals surface area contributed by atoms with Crippen LogP contribution >= 0.6 is 11.3 Å². The van der Waals surface area contributed by atoms with Crippen molar-refractivity contribution < 1.29 is 9.90 Å². The number of ketones is 1. The molecule has 0 atom stereocenters. The van der Waals surface area contributed by atoms with E-state index < -0.39 is 0 Å². The van der Waals surface area contributed by atoms with Crippen LogP contribution in [0.15, 0.2) is 23.6 Å². The molecule has 1 heterocycles. The zero-order chi connectivity index (χ0) is 9.42. The molecule has 0 saturated carbocycles. The average Bonchev–Trinajstić information content (AvgIpc) is 2.52. The van der Waals surface area contributed by atoms with Crippen LogP contribution in [-0.2, 0) is 0 Å². The molecule has 0 aliphatic heterocycles. The lowest BCUT2D eigenvalue weighted by Crippen LogP contribution is -1.91. The average molecular weight is 192 g/mol. The van der Waals surface area contributed by atoms with Crippen LogP contribution in [0.25, 0.3) is 10.1 Å². The molecule has 0 unspecified atom stereocenters. The van der Waals surface area contributed by atoms with Gasteiger partial charge >= 0.3 is 0 Å². The van der Waals surface area contributed by atoms with Gasteiger partial charge in [-0.3, -0.25) is 4.79 Å². The summed E-state index contributed by atoms with van der Waals surface area (Å²) < 4.78 is 1.00. The summed E-state index contributed by atoms with van der Waals surface area (Å²) in [5.74, 6) is -0.00292. The second kappa shape index (κ2) is 2.85. The molecule has 0 aliphatic rings. The van der Waals surface area contributed by atoms with Gasteiger partial charge in [0.25, 0.3) is 0 Å². The van der Waals surface area contributed by atoms with Gasteiger partial charge in [-0.1, -0.05) is 0 Å². The fourth-order valence-electron chi connectivity index (χ4n) is 1.31. The Morgan fingerprint density at radius 1 is 1.38 bits per heavy atom. The van der Waals surface area contributed by atoms with Crippen molar-refractivity contribution in [3.63, 3.8) is 0 Å². The summed E-state index contributed by atoms with van der Waals surface area (Å²) in [5, 5.41) is 12.4. The third-order valence-electron chi connectivity index (χ3n) is 1.99. The molecule has 3 heteroatoms. The summed E-state index contributed by atoms with van der Waals surface area (Å²) in [6.07, 6.45) is 0. The molecular formula is C10H8O2S. The second-order valence-corrected chi connectivity index (χ2v) is 3.80. The molecule has 13 heavy (non-hydrogen) atoms. The predicted octanol–water partition coefficient (Wildman–Crippen LogP) is 2.81. The summed E-state index contributed by atoms with van der Waals surface area (Å²) >= 11 is 1.55. The number of aromatic hydroxyl groups is 1. The SMILES string of the molecule is CC(=O)c1ccc2sccc2c1O. The Kier molecular flexibility index (Phi) is 1.81. The van der Waals surface area contributed by atoms with E-state index in [0.29, 0.717) is 5.56 Å². The number of phenolic OH excluding ortho intramolecular Hbond substituents is 1. The number of fused-ring (bicyclic) bond motifs is 1. The minimum absolute atomic E-state index is 0.103. The Morgan fingerprint density at radius 3 is 2.85 bits per heavy atom. The quantitative estimate of drug-likeness (QED) is 0.705. The smallest absolute Gasteiger partial charge is 0.163 e. The molecule has 0 spiro atoms. The molecule has 0 amide bonds. The molecule has 2 nitrogen and oxygen atoms in total. The number of benzene rings is 1. The Labute approximate surface area is 79.4 Å². The number of thiophene rings is 1. The Hall–Kier alpha value is -1.35. The largest absolute Gasteiger partial charge is 0.507 e. The number of carbonyl (C=O) groups is 1. The van der Waals surface area contributed by atoms with Crippen LogP contribution in [0.2, 0.25) is 0 Å².